The number of halogens is 1. The predicted molar refractivity (Wildman–Crippen MR) is 95.2 cm³/mol. The van der Waals surface area contributed by atoms with E-state index in [2.05, 4.69) is 10.6 Å². The van der Waals surface area contributed by atoms with Crippen LogP contribution in [-0.4, -0.2) is 23.8 Å². The van der Waals surface area contributed by atoms with E-state index in [1.165, 1.54) is 0 Å². The van der Waals surface area contributed by atoms with Crippen LogP contribution >= 0.6 is 11.6 Å². The largest absolute Gasteiger partial charge is 0.444 e. The third kappa shape index (κ3) is 5.94. The molecule has 5 heteroatoms. The number of ether oxygens (including phenoxy) is 1. The Balaban J connectivity index is 1.89. The van der Waals surface area contributed by atoms with Gasteiger partial charge in [-0.15, -0.1) is 0 Å². The van der Waals surface area contributed by atoms with Gasteiger partial charge in [0.25, 0.3) is 0 Å². The van der Waals surface area contributed by atoms with Gasteiger partial charge in [-0.2, -0.15) is 0 Å². The monoisotopic (exact) mass is 338 g/mol. The summed E-state index contributed by atoms with van der Waals surface area (Å²) in [5, 5.41) is 7.32. The third-order valence-electron chi connectivity index (χ3n) is 3.94. The summed E-state index contributed by atoms with van der Waals surface area (Å²) in [4.78, 5) is 11.9. The molecule has 1 aliphatic rings. The van der Waals surface area contributed by atoms with Crippen LogP contribution in [0.4, 0.5) is 10.5 Å². The molecule has 0 aromatic heterocycles. The summed E-state index contributed by atoms with van der Waals surface area (Å²) < 4.78 is 5.34. The van der Waals surface area contributed by atoms with Gasteiger partial charge in [0.15, 0.2) is 0 Å². The third-order valence-corrected chi connectivity index (χ3v) is 4.18. The van der Waals surface area contributed by atoms with Crippen molar-refractivity contribution in [2.24, 2.45) is 0 Å². The fourth-order valence-corrected chi connectivity index (χ4v) is 3.16. The molecule has 2 unspecified atom stereocenters. The van der Waals surface area contributed by atoms with Gasteiger partial charge in [0.1, 0.15) is 5.60 Å². The SMILES string of the molecule is Cc1cc(Cl)ccc1NC1CCCC(NC(=O)OC(C)(C)C)C1. The minimum Gasteiger partial charge on any atom is -0.444 e. The molecular weight excluding hydrogens is 312 g/mol. The van der Waals surface area contributed by atoms with Crippen molar-refractivity contribution in [3.63, 3.8) is 0 Å². The van der Waals surface area contributed by atoms with Crippen molar-refractivity contribution in [1.29, 1.82) is 0 Å². The molecular formula is C18H27ClN2O2. The number of nitrogens with one attached hydrogen (secondary N) is 2. The molecule has 0 aliphatic heterocycles. The van der Waals surface area contributed by atoms with Crippen LogP contribution in [0.3, 0.4) is 0 Å². The van der Waals surface area contributed by atoms with Gasteiger partial charge < -0.3 is 15.4 Å². The Bertz CT molecular complexity index is 554. The second-order valence-corrected chi connectivity index (χ2v) is 7.75. The lowest BCUT2D eigenvalue weighted by Crippen LogP contribution is -2.43. The molecule has 2 rings (SSSR count). The number of alkyl carbamates (subject to hydrolysis) is 1. The Labute approximate surface area is 143 Å². The van der Waals surface area contributed by atoms with Crippen molar-refractivity contribution in [3.05, 3.63) is 28.8 Å². The zero-order valence-corrected chi connectivity index (χ0v) is 15.2. The van der Waals surface area contributed by atoms with E-state index in [0.717, 1.165) is 42.0 Å². The molecule has 1 aromatic rings. The van der Waals surface area contributed by atoms with E-state index in [4.69, 9.17) is 16.3 Å². The lowest BCUT2D eigenvalue weighted by molar-refractivity contribution is 0.0492. The van der Waals surface area contributed by atoms with E-state index in [9.17, 15) is 4.79 Å². The summed E-state index contributed by atoms with van der Waals surface area (Å²) in [7, 11) is 0. The molecule has 0 saturated heterocycles. The number of hydrogen-bond acceptors (Lipinski definition) is 3. The minimum absolute atomic E-state index is 0.156. The van der Waals surface area contributed by atoms with Crippen LogP contribution in [0.1, 0.15) is 52.0 Å². The van der Waals surface area contributed by atoms with Crippen molar-refractivity contribution >= 4 is 23.4 Å². The number of rotatable bonds is 3. The summed E-state index contributed by atoms with van der Waals surface area (Å²) >= 11 is 6.00. The molecule has 0 bridgehead atoms. The van der Waals surface area contributed by atoms with E-state index in [1.54, 1.807) is 0 Å². The summed E-state index contributed by atoms with van der Waals surface area (Å²) in [6.07, 6.45) is 3.77. The lowest BCUT2D eigenvalue weighted by Gasteiger charge is -2.32. The average Bonchev–Trinajstić information content (AvgIpc) is 2.40. The van der Waals surface area contributed by atoms with Gasteiger partial charge in [-0.3, -0.25) is 0 Å². The van der Waals surface area contributed by atoms with Crippen molar-refractivity contribution < 1.29 is 9.53 Å². The van der Waals surface area contributed by atoms with E-state index in [-0.39, 0.29) is 12.1 Å². The Morgan fingerprint density at radius 1 is 1.26 bits per heavy atom. The van der Waals surface area contributed by atoms with Crippen LogP contribution in [-0.2, 0) is 4.74 Å². The molecule has 0 heterocycles. The standard InChI is InChI=1S/C18H27ClN2O2/c1-12-10-13(19)8-9-16(12)20-14-6-5-7-15(11-14)21-17(22)23-18(2,3)4/h8-10,14-15,20H,5-7,11H2,1-4H3,(H,21,22). The summed E-state index contributed by atoms with van der Waals surface area (Å²) in [5.41, 5.74) is 1.79. The highest BCUT2D eigenvalue weighted by Crippen LogP contribution is 2.26. The lowest BCUT2D eigenvalue weighted by atomic mass is 9.90. The van der Waals surface area contributed by atoms with Crippen molar-refractivity contribution in [2.75, 3.05) is 5.32 Å². The number of aryl methyl sites for hydroxylation is 1. The zero-order chi connectivity index (χ0) is 17.0. The molecule has 1 saturated carbocycles. The minimum atomic E-state index is -0.461. The maximum absolute atomic E-state index is 11.9. The molecule has 128 valence electrons. The smallest absolute Gasteiger partial charge is 0.407 e. The van der Waals surface area contributed by atoms with E-state index >= 15 is 0 Å². The topological polar surface area (TPSA) is 50.4 Å². The predicted octanol–water partition coefficient (Wildman–Crippen LogP) is 4.90. The molecule has 1 aliphatic carbocycles. The molecule has 2 N–H and O–H groups in total. The number of hydrogen-bond donors (Lipinski definition) is 2. The van der Waals surface area contributed by atoms with Crippen LogP contribution in [0.25, 0.3) is 0 Å². The summed E-state index contributed by atoms with van der Waals surface area (Å²) in [6.45, 7) is 7.68. The first-order valence-corrected chi connectivity index (χ1v) is 8.63. The average molecular weight is 339 g/mol. The Hall–Kier alpha value is -1.42. The van der Waals surface area contributed by atoms with Crippen LogP contribution < -0.4 is 10.6 Å². The van der Waals surface area contributed by atoms with E-state index in [0.29, 0.717) is 6.04 Å². The van der Waals surface area contributed by atoms with Gasteiger partial charge >= 0.3 is 6.09 Å². The molecule has 0 spiro atoms. The fourth-order valence-electron chi connectivity index (χ4n) is 2.94. The van der Waals surface area contributed by atoms with Gasteiger partial charge in [0.2, 0.25) is 0 Å². The number of amides is 1. The number of benzene rings is 1. The molecule has 1 aromatic carbocycles. The maximum Gasteiger partial charge on any atom is 0.407 e. The second-order valence-electron chi connectivity index (χ2n) is 7.31. The highest BCUT2D eigenvalue weighted by atomic mass is 35.5. The normalized spacial score (nSPS) is 21.6. The number of carbonyl (C=O) groups is 1. The van der Waals surface area contributed by atoms with Crippen LogP contribution in [0, 0.1) is 6.92 Å². The quantitative estimate of drug-likeness (QED) is 0.824. The van der Waals surface area contributed by atoms with Gasteiger partial charge in [0, 0.05) is 22.8 Å². The molecule has 2 atom stereocenters. The molecule has 1 fully saturated rings. The molecule has 4 nitrogen and oxygen atoms in total. The highest BCUT2D eigenvalue weighted by molar-refractivity contribution is 6.30. The van der Waals surface area contributed by atoms with Gasteiger partial charge in [-0.1, -0.05) is 11.6 Å². The molecule has 23 heavy (non-hydrogen) atoms. The Morgan fingerprint density at radius 3 is 2.61 bits per heavy atom. The Kier molecular flexibility index (Phi) is 5.79. The van der Waals surface area contributed by atoms with E-state index in [1.807, 2.05) is 45.9 Å². The van der Waals surface area contributed by atoms with Crippen LogP contribution in [0.2, 0.25) is 5.02 Å². The van der Waals surface area contributed by atoms with E-state index < -0.39 is 5.60 Å². The van der Waals surface area contributed by atoms with Crippen molar-refractivity contribution in [1.82, 2.24) is 5.32 Å². The first-order valence-electron chi connectivity index (χ1n) is 8.25. The van der Waals surface area contributed by atoms with Gasteiger partial charge in [-0.05, 0) is 77.1 Å². The van der Waals surface area contributed by atoms with Crippen LogP contribution in [0.5, 0.6) is 0 Å². The second kappa shape index (κ2) is 7.43. The van der Waals surface area contributed by atoms with Gasteiger partial charge in [-0.25, -0.2) is 4.79 Å². The fraction of sp³-hybridized carbons (Fsp3) is 0.611. The van der Waals surface area contributed by atoms with Gasteiger partial charge in [0.05, 0.1) is 0 Å². The summed E-state index contributed by atoms with van der Waals surface area (Å²) in [6, 6.07) is 6.38. The molecule has 1 amide bonds. The van der Waals surface area contributed by atoms with Crippen molar-refractivity contribution in [2.45, 2.75) is 71.1 Å². The zero-order valence-electron chi connectivity index (χ0n) is 14.4. The first kappa shape index (κ1) is 17.9. The van der Waals surface area contributed by atoms with Crippen LogP contribution in [0.15, 0.2) is 18.2 Å². The highest BCUT2D eigenvalue weighted by Gasteiger charge is 2.25. The number of carbonyl (C=O) groups excluding carboxylic acids is 1. The first-order chi connectivity index (χ1) is 10.7. The van der Waals surface area contributed by atoms with Crippen molar-refractivity contribution in [3.8, 4) is 0 Å². The maximum atomic E-state index is 11.9. The molecule has 0 radical (unpaired) electrons. The number of anilines is 1. The Morgan fingerprint density at radius 2 is 1.96 bits per heavy atom. The summed E-state index contributed by atoms with van der Waals surface area (Å²) in [5.74, 6) is 0.